The van der Waals surface area contributed by atoms with Gasteiger partial charge in [-0.15, -0.1) is 12.3 Å². The molecule has 0 aliphatic rings. The second kappa shape index (κ2) is 7.01. The summed E-state index contributed by atoms with van der Waals surface area (Å²) in [6, 6.07) is 3.32. The molecule has 0 aromatic heterocycles. The number of aryl methyl sites for hydroxylation is 1. The van der Waals surface area contributed by atoms with Crippen molar-refractivity contribution >= 4 is 19.7 Å². The second-order valence-electron chi connectivity index (χ2n) is 4.90. The van der Waals surface area contributed by atoms with E-state index in [4.69, 9.17) is 21.8 Å². The van der Waals surface area contributed by atoms with Crippen LogP contribution >= 0.6 is 10.7 Å². The Morgan fingerprint density at radius 1 is 1.40 bits per heavy atom. The van der Waals surface area contributed by atoms with Crippen molar-refractivity contribution in [3.05, 3.63) is 23.3 Å². The highest BCUT2D eigenvalue weighted by Crippen LogP contribution is 2.32. The number of terminal acetylenes is 1. The van der Waals surface area contributed by atoms with Gasteiger partial charge in [-0.25, -0.2) is 8.42 Å². The quantitative estimate of drug-likeness (QED) is 0.455. The summed E-state index contributed by atoms with van der Waals surface area (Å²) in [6.45, 7) is 6.14. The minimum absolute atomic E-state index is 0.0344. The molecule has 0 spiro atoms. The van der Waals surface area contributed by atoms with Crippen molar-refractivity contribution in [2.24, 2.45) is 0 Å². The molecular weight excluding hydrogens is 296 g/mol. The Morgan fingerprint density at radius 3 is 2.55 bits per heavy atom. The average molecular weight is 315 g/mol. The van der Waals surface area contributed by atoms with Crippen LogP contribution in [0.3, 0.4) is 0 Å². The first-order valence-electron chi connectivity index (χ1n) is 6.42. The number of hydrogen-bond donors (Lipinski definition) is 0. The van der Waals surface area contributed by atoms with Gasteiger partial charge in [0.2, 0.25) is 0 Å². The summed E-state index contributed by atoms with van der Waals surface area (Å²) in [7, 11) is 1.73. The van der Waals surface area contributed by atoms with E-state index in [0.717, 1.165) is 12.0 Å². The van der Waals surface area contributed by atoms with Crippen molar-refractivity contribution in [3.63, 3.8) is 0 Å². The Hall–Kier alpha value is -1.18. The van der Waals surface area contributed by atoms with Crippen molar-refractivity contribution in [3.8, 4) is 18.1 Å². The maximum absolute atomic E-state index is 11.6. The van der Waals surface area contributed by atoms with Crippen LogP contribution in [0, 0.1) is 19.3 Å². The van der Waals surface area contributed by atoms with Crippen LogP contribution < -0.4 is 4.74 Å². The molecular formula is C15H19ClO3S. The van der Waals surface area contributed by atoms with E-state index in [2.05, 4.69) is 5.92 Å². The lowest BCUT2D eigenvalue weighted by Gasteiger charge is -2.16. The molecule has 1 aromatic carbocycles. The van der Waals surface area contributed by atoms with Gasteiger partial charge in [-0.3, -0.25) is 0 Å². The van der Waals surface area contributed by atoms with Gasteiger partial charge in [0.05, 0.1) is 11.5 Å². The Balaban J connectivity index is 3.12. The lowest BCUT2D eigenvalue weighted by molar-refractivity contribution is 0.310. The normalized spacial score (nSPS) is 11.4. The number of halogens is 1. The Kier molecular flexibility index (Phi) is 5.91. The number of ether oxygens (including phenoxy) is 1. The van der Waals surface area contributed by atoms with Gasteiger partial charge < -0.3 is 4.74 Å². The van der Waals surface area contributed by atoms with E-state index in [9.17, 15) is 8.42 Å². The zero-order chi connectivity index (χ0) is 15.3. The third-order valence-electron chi connectivity index (χ3n) is 2.92. The molecule has 0 N–H and O–H groups in total. The van der Waals surface area contributed by atoms with Gasteiger partial charge in [0.15, 0.2) is 0 Å². The Morgan fingerprint density at radius 2 is 2.05 bits per heavy atom. The van der Waals surface area contributed by atoms with Crippen molar-refractivity contribution in [1.82, 2.24) is 0 Å². The first-order chi connectivity index (χ1) is 9.27. The van der Waals surface area contributed by atoms with Crippen LogP contribution in [0.2, 0.25) is 0 Å². The van der Waals surface area contributed by atoms with Gasteiger partial charge in [0, 0.05) is 17.1 Å². The fourth-order valence-electron chi connectivity index (χ4n) is 1.85. The molecule has 3 nitrogen and oxygen atoms in total. The topological polar surface area (TPSA) is 43.4 Å². The smallest absolute Gasteiger partial charge is 0.261 e. The first-order valence-corrected chi connectivity index (χ1v) is 8.73. The first kappa shape index (κ1) is 16.9. The maximum atomic E-state index is 11.6. The highest BCUT2D eigenvalue weighted by atomic mass is 35.7. The predicted molar refractivity (Wildman–Crippen MR) is 81.9 cm³/mol. The van der Waals surface area contributed by atoms with Crippen LogP contribution in [0.5, 0.6) is 5.75 Å². The van der Waals surface area contributed by atoms with Gasteiger partial charge in [-0.2, -0.15) is 0 Å². The molecule has 0 amide bonds. The summed E-state index contributed by atoms with van der Waals surface area (Å²) in [5.41, 5.74) is 1.41. The van der Waals surface area contributed by atoms with Crippen molar-refractivity contribution < 1.29 is 13.2 Å². The number of rotatable bonds is 6. The van der Waals surface area contributed by atoms with Gasteiger partial charge in [-0.1, -0.05) is 13.8 Å². The standard InChI is InChI=1S/C15H19ClO3S/c1-5-6-7-8-19-14-10-13(11(2)3)15(9-12(14)4)20(16,17)18/h1,9-11H,6-8H2,2-4H3. The molecule has 110 valence electrons. The van der Waals surface area contributed by atoms with Crippen molar-refractivity contribution in [1.29, 1.82) is 0 Å². The van der Waals surface area contributed by atoms with E-state index in [1.807, 2.05) is 13.8 Å². The van der Waals surface area contributed by atoms with E-state index in [0.29, 0.717) is 24.3 Å². The molecule has 0 saturated heterocycles. The summed E-state index contributed by atoms with van der Waals surface area (Å²) in [6.07, 6.45) is 6.61. The van der Waals surface area contributed by atoms with E-state index in [-0.39, 0.29) is 10.8 Å². The fourth-order valence-corrected chi connectivity index (χ4v) is 3.15. The molecule has 0 bridgehead atoms. The summed E-state index contributed by atoms with van der Waals surface area (Å²) >= 11 is 0. The predicted octanol–water partition coefficient (Wildman–Crippen LogP) is 3.84. The molecule has 20 heavy (non-hydrogen) atoms. The van der Waals surface area contributed by atoms with E-state index in [1.54, 1.807) is 19.1 Å². The minimum Gasteiger partial charge on any atom is -0.493 e. The van der Waals surface area contributed by atoms with Crippen LogP contribution in [0.25, 0.3) is 0 Å². The maximum Gasteiger partial charge on any atom is 0.261 e. The number of benzene rings is 1. The fraction of sp³-hybridized carbons (Fsp3) is 0.467. The number of hydrogen-bond acceptors (Lipinski definition) is 3. The van der Waals surface area contributed by atoms with Crippen LogP contribution in [0.15, 0.2) is 17.0 Å². The molecule has 1 rings (SSSR count). The SMILES string of the molecule is C#CCCCOc1cc(C(C)C)c(S(=O)(=O)Cl)cc1C. The van der Waals surface area contributed by atoms with Crippen molar-refractivity contribution in [2.45, 2.75) is 44.4 Å². The lowest BCUT2D eigenvalue weighted by Crippen LogP contribution is -2.04. The van der Waals surface area contributed by atoms with Crippen LogP contribution in [0.4, 0.5) is 0 Å². The molecule has 0 unspecified atom stereocenters. The molecule has 0 atom stereocenters. The van der Waals surface area contributed by atoms with Crippen molar-refractivity contribution in [2.75, 3.05) is 6.61 Å². The summed E-state index contributed by atoms with van der Waals surface area (Å²) in [4.78, 5) is 0.155. The second-order valence-corrected chi connectivity index (χ2v) is 7.44. The molecule has 0 fully saturated rings. The largest absolute Gasteiger partial charge is 0.493 e. The van der Waals surface area contributed by atoms with Crippen LogP contribution in [0.1, 0.15) is 43.7 Å². The van der Waals surface area contributed by atoms with Gasteiger partial charge in [0.1, 0.15) is 5.75 Å². The minimum atomic E-state index is -3.76. The zero-order valence-corrected chi connectivity index (χ0v) is 13.5. The highest BCUT2D eigenvalue weighted by molar-refractivity contribution is 8.13. The number of unbranched alkanes of at least 4 members (excludes halogenated alkanes) is 1. The van der Waals surface area contributed by atoms with Gasteiger partial charge in [-0.05, 0) is 42.5 Å². The summed E-state index contributed by atoms with van der Waals surface area (Å²) in [5.74, 6) is 3.26. The molecule has 0 heterocycles. The van der Waals surface area contributed by atoms with Crippen LogP contribution in [-0.2, 0) is 9.05 Å². The van der Waals surface area contributed by atoms with E-state index < -0.39 is 9.05 Å². The molecule has 0 radical (unpaired) electrons. The van der Waals surface area contributed by atoms with Gasteiger partial charge in [0.25, 0.3) is 9.05 Å². The van der Waals surface area contributed by atoms with E-state index >= 15 is 0 Å². The molecule has 5 heteroatoms. The lowest BCUT2D eigenvalue weighted by atomic mass is 10.0. The average Bonchev–Trinajstić information content (AvgIpc) is 2.34. The van der Waals surface area contributed by atoms with E-state index in [1.165, 1.54) is 0 Å². The summed E-state index contributed by atoms with van der Waals surface area (Å²) in [5, 5.41) is 0. The molecule has 1 aromatic rings. The van der Waals surface area contributed by atoms with Gasteiger partial charge >= 0.3 is 0 Å². The monoisotopic (exact) mass is 314 g/mol. The molecule has 0 aliphatic heterocycles. The third-order valence-corrected chi connectivity index (χ3v) is 4.29. The Bertz CT molecular complexity index is 613. The zero-order valence-electron chi connectivity index (χ0n) is 11.9. The molecule has 0 aliphatic carbocycles. The third kappa shape index (κ3) is 4.43. The molecule has 0 saturated carbocycles. The summed E-state index contributed by atoms with van der Waals surface area (Å²) < 4.78 is 28.9. The van der Waals surface area contributed by atoms with Crippen LogP contribution in [-0.4, -0.2) is 15.0 Å². The Labute approximate surface area is 125 Å². The highest BCUT2D eigenvalue weighted by Gasteiger charge is 2.20.